The Morgan fingerprint density at radius 2 is 1.02 bits per heavy atom. The molecule has 0 spiro atoms. The first-order valence-corrected chi connectivity index (χ1v) is 22.9. The maximum absolute atomic E-state index is 2.97. The molecule has 6 rings (SSSR count). The summed E-state index contributed by atoms with van der Waals surface area (Å²) in [6.07, 6.45) is 10.7. The van der Waals surface area contributed by atoms with E-state index in [0.29, 0.717) is 0 Å². The second kappa shape index (κ2) is 12.3. The summed E-state index contributed by atoms with van der Waals surface area (Å²) in [4.78, 5) is 0. The quantitative estimate of drug-likeness (QED) is 0.162. The van der Waals surface area contributed by atoms with Crippen molar-refractivity contribution in [2.75, 3.05) is 0 Å². The molecule has 0 saturated heterocycles. The van der Waals surface area contributed by atoms with Gasteiger partial charge < -0.3 is 0 Å². The summed E-state index contributed by atoms with van der Waals surface area (Å²) in [5, 5.41) is 1.60. The Morgan fingerprint density at radius 1 is 0.585 bits per heavy atom. The zero-order valence-corrected chi connectivity index (χ0v) is 27.4. The number of hydrogen-bond donors (Lipinski definition) is 0. The molecule has 0 saturated carbocycles. The van der Waals surface area contributed by atoms with Crippen molar-refractivity contribution in [3.8, 4) is 0 Å². The molecule has 0 N–H and O–H groups in total. The van der Waals surface area contributed by atoms with Crippen molar-refractivity contribution in [1.29, 1.82) is 0 Å². The van der Waals surface area contributed by atoms with E-state index in [1.165, 1.54) is 62.6 Å². The Morgan fingerprint density at radius 3 is 1.51 bits per heavy atom. The number of benzene rings is 4. The molecule has 0 aliphatic heterocycles. The maximum atomic E-state index is 2.81. The van der Waals surface area contributed by atoms with Crippen LogP contribution in [0.25, 0.3) is 0 Å². The molecule has 0 radical (unpaired) electrons. The van der Waals surface area contributed by atoms with Gasteiger partial charge in [0.1, 0.15) is 0 Å². The van der Waals surface area contributed by atoms with Crippen LogP contribution in [0.5, 0.6) is 0 Å². The van der Waals surface area contributed by atoms with E-state index in [-0.39, 0.29) is 3.72 Å². The molecule has 0 heterocycles. The Hall–Kier alpha value is -2.71. The van der Waals surface area contributed by atoms with Crippen LogP contribution in [0.1, 0.15) is 42.4 Å². The van der Waals surface area contributed by atoms with Crippen LogP contribution in [0, 0.1) is 0 Å². The fraction of sp³-hybridized carbons (Fsp3) is 0.282. The molecular formula is C39H44SiTi. The van der Waals surface area contributed by atoms with Gasteiger partial charge in [-0.1, -0.05) is 0 Å². The molecule has 2 heteroatoms. The molecule has 4 aromatic rings. The van der Waals surface area contributed by atoms with Crippen molar-refractivity contribution in [3.05, 3.63) is 161 Å². The van der Waals surface area contributed by atoms with E-state index in [2.05, 4.69) is 147 Å². The number of allylic oxidation sites excluding steroid dienone is 4. The van der Waals surface area contributed by atoms with Gasteiger partial charge in [0.15, 0.2) is 0 Å². The summed E-state index contributed by atoms with van der Waals surface area (Å²) >= 11 is -2.97. The van der Waals surface area contributed by atoms with E-state index in [9.17, 15) is 0 Å². The first-order chi connectivity index (χ1) is 20.0. The molecule has 0 bridgehead atoms. The minimum absolute atomic E-state index is 0.197. The van der Waals surface area contributed by atoms with Crippen molar-refractivity contribution in [2.45, 2.75) is 62.7 Å². The van der Waals surface area contributed by atoms with E-state index < -0.39 is 24.7 Å². The summed E-state index contributed by atoms with van der Waals surface area (Å²) in [6, 6.07) is 47.5. The van der Waals surface area contributed by atoms with Gasteiger partial charge in [-0.05, 0) is 0 Å². The molecule has 208 valence electrons. The van der Waals surface area contributed by atoms with Gasteiger partial charge in [0, 0.05) is 0 Å². The zero-order chi connectivity index (χ0) is 28.2. The molecule has 4 aromatic carbocycles. The summed E-state index contributed by atoms with van der Waals surface area (Å²) < 4.78 is 3.96. The molecule has 0 aromatic heterocycles. The first kappa shape index (κ1) is 28.4. The van der Waals surface area contributed by atoms with Crippen molar-refractivity contribution < 1.29 is 16.6 Å². The fourth-order valence-electron chi connectivity index (χ4n) is 8.12. The molecular weight excluding hydrogens is 544 g/mol. The van der Waals surface area contributed by atoms with Gasteiger partial charge in [0.2, 0.25) is 0 Å². The standard InChI is InChI=1S/C18H23Si.3C7H7.Ti/c1-19(2,17-9-4-3-5-10-17)14-16-13-12-15-8-6-7-11-18(15)16;3*1-7-5-3-2-4-6-7;/h3-5,9-10,12-13H,6-8,11,14H2,1-2H3;3*2-6H,1H2;. The van der Waals surface area contributed by atoms with Gasteiger partial charge in [-0.15, -0.1) is 0 Å². The van der Waals surface area contributed by atoms with Crippen molar-refractivity contribution in [3.63, 3.8) is 0 Å². The minimum atomic E-state index is -2.97. The van der Waals surface area contributed by atoms with E-state index in [1.54, 1.807) is 10.8 Å². The van der Waals surface area contributed by atoms with Gasteiger partial charge in [-0.2, -0.15) is 0 Å². The van der Waals surface area contributed by atoms with Gasteiger partial charge in [-0.25, -0.2) is 0 Å². The first-order valence-electron chi connectivity index (χ1n) is 15.6. The van der Waals surface area contributed by atoms with Gasteiger partial charge >= 0.3 is 254 Å². The molecule has 1 atom stereocenters. The summed E-state index contributed by atoms with van der Waals surface area (Å²) in [5.41, 5.74) is 8.16. The van der Waals surface area contributed by atoms with Gasteiger partial charge in [0.05, 0.1) is 0 Å². The molecule has 2 aliphatic carbocycles. The third-order valence-electron chi connectivity index (χ3n) is 10.00. The molecule has 2 aliphatic rings. The van der Waals surface area contributed by atoms with E-state index in [4.69, 9.17) is 0 Å². The topological polar surface area (TPSA) is 0 Å². The molecule has 1 unspecified atom stereocenters. The van der Waals surface area contributed by atoms with Crippen LogP contribution in [-0.2, 0) is 30.8 Å². The molecule has 41 heavy (non-hydrogen) atoms. The van der Waals surface area contributed by atoms with Crippen LogP contribution in [0.2, 0.25) is 22.9 Å². The monoisotopic (exact) mass is 588 g/mol. The summed E-state index contributed by atoms with van der Waals surface area (Å²) in [5.74, 6) is 0. The average Bonchev–Trinajstić information content (AvgIpc) is 3.38. The number of hydrogen-bond acceptors (Lipinski definition) is 0. The van der Waals surface area contributed by atoms with E-state index >= 15 is 0 Å². The average molecular weight is 589 g/mol. The van der Waals surface area contributed by atoms with E-state index in [1.807, 2.05) is 5.57 Å². The molecule has 0 nitrogen and oxygen atoms in total. The van der Waals surface area contributed by atoms with Crippen LogP contribution in [0.4, 0.5) is 0 Å². The Kier molecular flexibility index (Phi) is 8.50. The number of rotatable bonds is 10. The SMILES string of the molecule is C[Si](C)(C[C]1([Ti]([CH2]c2ccccc2)([CH2]c2ccccc2)[CH2]c2ccccc2)C=CC2=C1CCCC2)c1ccccc1. The predicted octanol–water partition coefficient (Wildman–Crippen LogP) is 9.96. The van der Waals surface area contributed by atoms with Crippen LogP contribution in [0.3, 0.4) is 0 Å². The van der Waals surface area contributed by atoms with Crippen LogP contribution in [-0.4, -0.2) is 8.07 Å². The van der Waals surface area contributed by atoms with Crippen molar-refractivity contribution in [2.24, 2.45) is 0 Å². The van der Waals surface area contributed by atoms with Crippen molar-refractivity contribution >= 4 is 13.3 Å². The van der Waals surface area contributed by atoms with Crippen LogP contribution < -0.4 is 5.19 Å². The third kappa shape index (κ3) is 5.96. The predicted molar refractivity (Wildman–Crippen MR) is 176 cm³/mol. The van der Waals surface area contributed by atoms with Gasteiger partial charge in [-0.3, -0.25) is 0 Å². The van der Waals surface area contributed by atoms with Crippen LogP contribution in [0.15, 0.2) is 145 Å². The molecule has 0 fully saturated rings. The fourth-order valence-corrected chi connectivity index (χ4v) is 24.3. The van der Waals surface area contributed by atoms with Crippen molar-refractivity contribution in [1.82, 2.24) is 0 Å². The summed E-state index contributed by atoms with van der Waals surface area (Å²) in [6.45, 7) is 5.31. The molecule has 0 amide bonds. The Labute approximate surface area is 252 Å². The Balaban J connectivity index is 1.60. The second-order valence-electron chi connectivity index (χ2n) is 13.2. The Bertz CT molecular complexity index is 1390. The third-order valence-corrected chi connectivity index (χ3v) is 22.9. The second-order valence-corrected chi connectivity index (χ2v) is 25.0. The normalized spacial score (nSPS) is 18.9. The van der Waals surface area contributed by atoms with E-state index in [0.717, 1.165) is 0 Å². The van der Waals surface area contributed by atoms with Crippen LogP contribution >= 0.6 is 0 Å². The zero-order valence-electron chi connectivity index (χ0n) is 24.9. The van der Waals surface area contributed by atoms with Gasteiger partial charge in [0.25, 0.3) is 0 Å². The summed E-state index contributed by atoms with van der Waals surface area (Å²) in [7, 11) is -1.79.